The number of aliphatic carboxylic acids is 1. The predicted molar refractivity (Wildman–Crippen MR) is 137 cm³/mol. The van der Waals surface area contributed by atoms with E-state index in [9.17, 15) is 4.79 Å². The summed E-state index contributed by atoms with van der Waals surface area (Å²) in [7, 11) is 0. The van der Waals surface area contributed by atoms with Crippen LogP contribution >= 0.6 is 11.3 Å². The van der Waals surface area contributed by atoms with Gasteiger partial charge in [-0.05, 0) is 55.0 Å². The van der Waals surface area contributed by atoms with Crippen molar-refractivity contribution in [1.29, 1.82) is 0 Å². The molecule has 2 aromatic carbocycles. The van der Waals surface area contributed by atoms with Crippen molar-refractivity contribution >= 4 is 28.4 Å². The summed E-state index contributed by atoms with van der Waals surface area (Å²) in [5, 5.41) is 14.3. The van der Waals surface area contributed by atoms with E-state index >= 15 is 4.39 Å². The molecule has 2 N–H and O–H groups in total. The largest absolute Gasteiger partial charge is 0.481 e. The molecule has 1 aromatic heterocycles. The van der Waals surface area contributed by atoms with Crippen molar-refractivity contribution in [2.75, 3.05) is 18.4 Å². The number of nitrogens with zero attached hydrogens (tertiary/aromatic N) is 2. The average Bonchev–Trinajstić information content (AvgIpc) is 3.54. The Morgan fingerprint density at radius 2 is 2.00 bits per heavy atom. The lowest BCUT2D eigenvalue weighted by Gasteiger charge is -2.39. The van der Waals surface area contributed by atoms with E-state index in [2.05, 4.69) is 59.6 Å². The van der Waals surface area contributed by atoms with Crippen molar-refractivity contribution in [2.24, 2.45) is 5.92 Å². The SMILES string of the molecule is CC1(C2(c3ccccc3)CC2)C=Cc2nc(-c3ccc(CN4CC(CC(=O)O)C4)cc3F)sc2N1. The molecule has 1 unspecified atom stereocenters. The summed E-state index contributed by atoms with van der Waals surface area (Å²) in [5.41, 5.74) is 3.47. The van der Waals surface area contributed by atoms with E-state index in [1.54, 1.807) is 6.07 Å². The van der Waals surface area contributed by atoms with Gasteiger partial charge in [0.15, 0.2) is 0 Å². The van der Waals surface area contributed by atoms with Crippen LogP contribution in [-0.2, 0) is 16.8 Å². The zero-order valence-electron chi connectivity index (χ0n) is 19.6. The number of benzene rings is 2. The second kappa shape index (κ2) is 8.28. The Bertz CT molecular complexity index is 1310. The van der Waals surface area contributed by atoms with Crippen LogP contribution in [0, 0.1) is 11.7 Å². The molecule has 3 heterocycles. The summed E-state index contributed by atoms with van der Waals surface area (Å²) in [6.45, 7) is 4.37. The molecule has 3 aromatic rings. The van der Waals surface area contributed by atoms with E-state index in [0.717, 1.165) is 42.2 Å². The molecule has 1 saturated heterocycles. The fraction of sp³-hybridized carbons (Fsp3) is 0.357. The van der Waals surface area contributed by atoms with Gasteiger partial charge in [0.2, 0.25) is 0 Å². The molecule has 35 heavy (non-hydrogen) atoms. The van der Waals surface area contributed by atoms with Gasteiger partial charge in [-0.25, -0.2) is 9.37 Å². The normalized spacial score (nSPS) is 22.8. The Balaban J connectivity index is 1.18. The number of carboxylic acid groups (broad SMARTS) is 1. The first kappa shape index (κ1) is 22.4. The van der Waals surface area contributed by atoms with Crippen LogP contribution in [0.2, 0.25) is 0 Å². The van der Waals surface area contributed by atoms with E-state index in [1.807, 2.05) is 12.1 Å². The Morgan fingerprint density at radius 3 is 2.69 bits per heavy atom. The highest BCUT2D eigenvalue weighted by Crippen LogP contribution is 2.58. The maximum Gasteiger partial charge on any atom is 0.303 e. The van der Waals surface area contributed by atoms with Gasteiger partial charge in [-0.15, -0.1) is 0 Å². The number of hydrogen-bond acceptors (Lipinski definition) is 5. The third-order valence-electron chi connectivity index (χ3n) is 7.84. The molecule has 2 fully saturated rings. The molecule has 180 valence electrons. The van der Waals surface area contributed by atoms with Gasteiger partial charge in [0.05, 0.1) is 17.7 Å². The number of fused-ring (bicyclic) bond motifs is 1. The van der Waals surface area contributed by atoms with Crippen molar-refractivity contribution < 1.29 is 14.3 Å². The summed E-state index contributed by atoms with van der Waals surface area (Å²) in [6, 6.07) is 16.0. The second-order valence-electron chi connectivity index (χ2n) is 10.3. The van der Waals surface area contributed by atoms with E-state index in [0.29, 0.717) is 17.1 Å². The van der Waals surface area contributed by atoms with Crippen LogP contribution in [0.5, 0.6) is 0 Å². The van der Waals surface area contributed by atoms with Crippen LogP contribution < -0.4 is 5.32 Å². The minimum absolute atomic E-state index is 0.0693. The fourth-order valence-electron chi connectivity index (χ4n) is 5.71. The number of carbonyl (C=O) groups is 1. The fourth-order valence-corrected chi connectivity index (χ4v) is 6.81. The predicted octanol–water partition coefficient (Wildman–Crippen LogP) is 5.78. The lowest BCUT2D eigenvalue weighted by Crippen LogP contribution is -2.46. The Hall–Kier alpha value is -3.03. The smallest absolute Gasteiger partial charge is 0.303 e. The minimum atomic E-state index is -0.756. The molecule has 1 saturated carbocycles. The van der Waals surface area contributed by atoms with Crippen molar-refractivity contribution in [2.45, 2.75) is 43.7 Å². The number of likely N-dealkylation sites (tertiary alicyclic amines) is 1. The quantitative estimate of drug-likeness (QED) is 0.440. The number of halogens is 1. The number of aromatic nitrogens is 1. The Labute approximate surface area is 208 Å². The van der Waals surface area contributed by atoms with Gasteiger partial charge in [-0.2, -0.15) is 0 Å². The second-order valence-corrected chi connectivity index (χ2v) is 11.3. The third-order valence-corrected chi connectivity index (χ3v) is 8.86. The van der Waals surface area contributed by atoms with Crippen molar-refractivity contribution in [1.82, 2.24) is 9.88 Å². The topological polar surface area (TPSA) is 65.5 Å². The number of carboxylic acids is 1. The summed E-state index contributed by atoms with van der Waals surface area (Å²) in [6.07, 6.45) is 6.78. The molecule has 1 aliphatic carbocycles. The van der Waals surface area contributed by atoms with E-state index in [-0.39, 0.29) is 29.1 Å². The summed E-state index contributed by atoms with van der Waals surface area (Å²) < 4.78 is 15.1. The summed E-state index contributed by atoms with van der Waals surface area (Å²) in [5.74, 6) is -0.833. The molecular formula is C28H28FN3O2S. The van der Waals surface area contributed by atoms with Crippen LogP contribution in [0.1, 0.15) is 43.0 Å². The first-order valence-electron chi connectivity index (χ1n) is 12.1. The average molecular weight is 490 g/mol. The molecule has 0 radical (unpaired) electrons. The third kappa shape index (κ3) is 3.96. The molecule has 0 spiro atoms. The standard InChI is InChI=1S/C28H28FN3O2S/c1-27(28(11-12-28)20-5-3-2-4-6-20)10-9-23-26(31-27)35-25(30-23)21-8-7-18(13-22(21)29)15-32-16-19(17-32)14-24(33)34/h2-10,13,19,31H,11-12,14-17H2,1H3,(H,33,34). The monoisotopic (exact) mass is 489 g/mol. The first-order valence-corrected chi connectivity index (χ1v) is 12.9. The number of nitrogens with one attached hydrogen (secondary N) is 1. The van der Waals surface area contributed by atoms with Gasteiger partial charge in [-0.1, -0.05) is 53.8 Å². The van der Waals surface area contributed by atoms with Crippen molar-refractivity contribution in [3.63, 3.8) is 0 Å². The van der Waals surface area contributed by atoms with Crippen LogP contribution in [-0.4, -0.2) is 39.6 Å². The summed E-state index contributed by atoms with van der Waals surface area (Å²) >= 11 is 1.51. The molecule has 3 aliphatic rings. The molecule has 0 amide bonds. The van der Waals surface area contributed by atoms with E-state index in [4.69, 9.17) is 10.1 Å². The van der Waals surface area contributed by atoms with Gasteiger partial charge < -0.3 is 10.4 Å². The number of anilines is 1. The van der Waals surface area contributed by atoms with Crippen molar-refractivity contribution in [3.05, 3.63) is 77.2 Å². The minimum Gasteiger partial charge on any atom is -0.481 e. The van der Waals surface area contributed by atoms with Gasteiger partial charge in [0.25, 0.3) is 0 Å². The lowest BCUT2D eigenvalue weighted by atomic mass is 9.76. The molecule has 5 nitrogen and oxygen atoms in total. The van der Waals surface area contributed by atoms with E-state index < -0.39 is 5.97 Å². The van der Waals surface area contributed by atoms with Crippen LogP contribution in [0.25, 0.3) is 16.6 Å². The highest BCUT2D eigenvalue weighted by molar-refractivity contribution is 7.19. The molecule has 7 heteroatoms. The van der Waals surface area contributed by atoms with Gasteiger partial charge >= 0.3 is 5.97 Å². The Morgan fingerprint density at radius 1 is 1.23 bits per heavy atom. The molecular weight excluding hydrogens is 461 g/mol. The highest BCUT2D eigenvalue weighted by Gasteiger charge is 2.57. The van der Waals surface area contributed by atoms with Crippen LogP contribution in [0.3, 0.4) is 0 Å². The molecule has 1 atom stereocenters. The first-order chi connectivity index (χ1) is 16.8. The lowest BCUT2D eigenvalue weighted by molar-refractivity contribution is -0.139. The van der Waals surface area contributed by atoms with Gasteiger partial charge in [0, 0.05) is 30.6 Å². The highest BCUT2D eigenvalue weighted by atomic mass is 32.1. The number of rotatable bonds is 7. The van der Waals surface area contributed by atoms with Crippen LogP contribution in [0.15, 0.2) is 54.6 Å². The van der Waals surface area contributed by atoms with E-state index in [1.165, 1.54) is 16.9 Å². The van der Waals surface area contributed by atoms with Crippen molar-refractivity contribution in [3.8, 4) is 10.6 Å². The molecule has 6 rings (SSSR count). The zero-order valence-corrected chi connectivity index (χ0v) is 20.4. The van der Waals surface area contributed by atoms with Crippen LogP contribution in [0.4, 0.5) is 9.39 Å². The number of hydrogen-bond donors (Lipinski definition) is 2. The van der Waals surface area contributed by atoms with Gasteiger partial charge in [-0.3, -0.25) is 9.69 Å². The molecule has 0 bridgehead atoms. The van der Waals surface area contributed by atoms with Gasteiger partial charge in [0.1, 0.15) is 15.8 Å². The molecule has 2 aliphatic heterocycles. The maximum atomic E-state index is 15.1. The maximum absolute atomic E-state index is 15.1. The summed E-state index contributed by atoms with van der Waals surface area (Å²) in [4.78, 5) is 17.7. The number of thiazole rings is 1. The zero-order chi connectivity index (χ0) is 24.2. The Kier molecular flexibility index (Phi) is 5.31.